The van der Waals surface area contributed by atoms with Gasteiger partial charge in [0.2, 0.25) is 0 Å². The van der Waals surface area contributed by atoms with Crippen LogP contribution >= 0.6 is 0 Å². The van der Waals surface area contributed by atoms with E-state index < -0.39 is 0 Å². The minimum atomic E-state index is 0.778. The number of hydrogen-bond acceptors (Lipinski definition) is 3. The Morgan fingerprint density at radius 1 is 1.10 bits per heavy atom. The minimum absolute atomic E-state index is 0.778. The van der Waals surface area contributed by atoms with E-state index in [1.54, 1.807) is 0 Å². The summed E-state index contributed by atoms with van der Waals surface area (Å²) in [5.74, 6) is 0. The van der Waals surface area contributed by atoms with Crippen molar-refractivity contribution in [2.24, 2.45) is 0 Å². The molecule has 21 heavy (non-hydrogen) atoms. The Balaban J connectivity index is 1.39. The number of nitrogens with zero attached hydrogens (tertiary/aromatic N) is 2. The highest BCUT2D eigenvalue weighted by Crippen LogP contribution is 2.20. The average Bonchev–Trinajstić information content (AvgIpc) is 3.20. The molecule has 1 unspecified atom stereocenters. The first-order chi connectivity index (χ1) is 10.4. The molecule has 2 N–H and O–H groups in total. The van der Waals surface area contributed by atoms with Crippen LogP contribution in [0.2, 0.25) is 0 Å². The third-order valence-corrected chi connectivity index (χ3v) is 5.04. The van der Waals surface area contributed by atoms with Crippen LogP contribution in [0, 0.1) is 0 Å². The molecule has 3 heterocycles. The van der Waals surface area contributed by atoms with Gasteiger partial charge in [0, 0.05) is 62.4 Å². The topological polar surface area (TPSA) is 34.3 Å². The Hall–Kier alpha value is -1.36. The van der Waals surface area contributed by atoms with Crippen LogP contribution < -0.4 is 5.32 Å². The molecule has 4 rings (SSSR count). The zero-order valence-electron chi connectivity index (χ0n) is 12.5. The summed E-state index contributed by atoms with van der Waals surface area (Å²) in [5.41, 5.74) is 2.70. The summed E-state index contributed by atoms with van der Waals surface area (Å²) >= 11 is 0. The van der Waals surface area contributed by atoms with Gasteiger partial charge in [-0.25, -0.2) is 0 Å². The number of piperazine rings is 1. The number of aromatic amines is 1. The zero-order valence-corrected chi connectivity index (χ0v) is 12.5. The van der Waals surface area contributed by atoms with E-state index in [-0.39, 0.29) is 0 Å². The van der Waals surface area contributed by atoms with E-state index >= 15 is 0 Å². The molecule has 0 amide bonds. The van der Waals surface area contributed by atoms with Crippen molar-refractivity contribution in [3.8, 4) is 0 Å². The van der Waals surface area contributed by atoms with E-state index in [2.05, 4.69) is 44.4 Å². The molecule has 0 bridgehead atoms. The van der Waals surface area contributed by atoms with Crippen LogP contribution in [0.25, 0.3) is 10.9 Å². The molecule has 0 aliphatic carbocycles. The van der Waals surface area contributed by atoms with Gasteiger partial charge < -0.3 is 10.3 Å². The normalized spacial score (nSPS) is 24.9. The average molecular weight is 284 g/mol. The van der Waals surface area contributed by atoms with E-state index in [1.807, 2.05) is 6.20 Å². The van der Waals surface area contributed by atoms with Crippen molar-refractivity contribution in [1.82, 2.24) is 20.1 Å². The highest BCUT2D eigenvalue weighted by atomic mass is 15.3. The van der Waals surface area contributed by atoms with Crippen molar-refractivity contribution in [2.45, 2.75) is 19.0 Å². The molecule has 1 atom stereocenters. The van der Waals surface area contributed by atoms with Crippen molar-refractivity contribution in [3.05, 3.63) is 36.0 Å². The molecule has 2 aliphatic rings. The van der Waals surface area contributed by atoms with Gasteiger partial charge in [0.15, 0.2) is 0 Å². The number of rotatable bonds is 3. The van der Waals surface area contributed by atoms with Gasteiger partial charge in [-0.1, -0.05) is 12.1 Å². The number of nitrogens with one attached hydrogen (secondary N) is 2. The molecule has 2 aromatic rings. The van der Waals surface area contributed by atoms with Crippen LogP contribution in [0.5, 0.6) is 0 Å². The van der Waals surface area contributed by atoms with E-state index in [4.69, 9.17) is 0 Å². The fourth-order valence-electron chi connectivity index (χ4n) is 3.77. The second-order valence-corrected chi connectivity index (χ2v) is 6.31. The van der Waals surface area contributed by atoms with Crippen molar-refractivity contribution >= 4 is 10.9 Å². The first kappa shape index (κ1) is 13.3. The van der Waals surface area contributed by atoms with Gasteiger partial charge in [0.25, 0.3) is 0 Å². The fraction of sp³-hybridized carbons (Fsp3) is 0.529. The molecular weight excluding hydrogens is 260 g/mol. The quantitative estimate of drug-likeness (QED) is 0.899. The van der Waals surface area contributed by atoms with Gasteiger partial charge in [-0.3, -0.25) is 9.80 Å². The molecule has 4 nitrogen and oxygen atoms in total. The van der Waals surface area contributed by atoms with Crippen molar-refractivity contribution in [2.75, 3.05) is 39.3 Å². The summed E-state index contributed by atoms with van der Waals surface area (Å²) in [5, 5.41) is 4.85. The van der Waals surface area contributed by atoms with Crippen LogP contribution in [0.1, 0.15) is 12.0 Å². The molecule has 0 saturated carbocycles. The molecule has 0 spiro atoms. The van der Waals surface area contributed by atoms with Crippen LogP contribution in [0.15, 0.2) is 30.5 Å². The van der Waals surface area contributed by atoms with E-state index in [1.165, 1.54) is 62.2 Å². The smallest absolute Gasteiger partial charge is 0.0457 e. The van der Waals surface area contributed by atoms with Crippen LogP contribution in [-0.4, -0.2) is 60.1 Å². The van der Waals surface area contributed by atoms with Crippen molar-refractivity contribution < 1.29 is 0 Å². The highest BCUT2D eigenvalue weighted by molar-refractivity contribution is 5.82. The molecule has 0 radical (unpaired) electrons. The van der Waals surface area contributed by atoms with E-state index in [0.717, 1.165) is 12.6 Å². The van der Waals surface area contributed by atoms with Gasteiger partial charge in [-0.05, 0) is 30.7 Å². The Labute approximate surface area is 126 Å². The Morgan fingerprint density at radius 3 is 2.81 bits per heavy atom. The summed E-state index contributed by atoms with van der Waals surface area (Å²) < 4.78 is 0. The van der Waals surface area contributed by atoms with E-state index in [9.17, 15) is 0 Å². The summed E-state index contributed by atoms with van der Waals surface area (Å²) in [6.45, 7) is 8.27. The molecule has 2 fully saturated rings. The SMILES string of the molecule is c1cc(CN2CCN(C3CCNC3)CC2)c2cc[nH]c2c1. The van der Waals surface area contributed by atoms with Gasteiger partial charge in [0.05, 0.1) is 0 Å². The van der Waals surface area contributed by atoms with Crippen LogP contribution in [0.4, 0.5) is 0 Å². The Morgan fingerprint density at radius 2 is 2.00 bits per heavy atom. The maximum Gasteiger partial charge on any atom is 0.0457 e. The number of fused-ring (bicyclic) bond motifs is 1. The lowest BCUT2D eigenvalue weighted by molar-refractivity contribution is 0.0984. The summed E-state index contributed by atoms with van der Waals surface area (Å²) in [7, 11) is 0. The predicted octanol–water partition coefficient (Wildman–Crippen LogP) is 1.65. The lowest BCUT2D eigenvalue weighted by atomic mass is 10.1. The number of benzene rings is 1. The fourth-order valence-corrected chi connectivity index (χ4v) is 3.77. The first-order valence-corrected chi connectivity index (χ1v) is 8.12. The molecule has 4 heteroatoms. The van der Waals surface area contributed by atoms with Gasteiger partial charge in [0.1, 0.15) is 0 Å². The molecule has 1 aromatic carbocycles. The maximum atomic E-state index is 3.48. The lowest BCUT2D eigenvalue weighted by Crippen LogP contribution is -2.50. The third-order valence-electron chi connectivity index (χ3n) is 5.04. The van der Waals surface area contributed by atoms with Crippen LogP contribution in [-0.2, 0) is 6.54 Å². The highest BCUT2D eigenvalue weighted by Gasteiger charge is 2.25. The number of hydrogen-bond donors (Lipinski definition) is 2. The minimum Gasteiger partial charge on any atom is -0.361 e. The van der Waals surface area contributed by atoms with Gasteiger partial charge in [-0.2, -0.15) is 0 Å². The van der Waals surface area contributed by atoms with Crippen LogP contribution in [0.3, 0.4) is 0 Å². The summed E-state index contributed by atoms with van der Waals surface area (Å²) in [6.07, 6.45) is 3.36. The van der Waals surface area contributed by atoms with Crippen molar-refractivity contribution in [1.29, 1.82) is 0 Å². The molecule has 2 aliphatic heterocycles. The van der Waals surface area contributed by atoms with E-state index in [0.29, 0.717) is 0 Å². The van der Waals surface area contributed by atoms with Crippen molar-refractivity contribution in [3.63, 3.8) is 0 Å². The Kier molecular flexibility index (Phi) is 3.67. The molecule has 112 valence electrons. The third kappa shape index (κ3) is 2.71. The maximum absolute atomic E-state index is 3.48. The predicted molar refractivity (Wildman–Crippen MR) is 86.4 cm³/mol. The zero-order chi connectivity index (χ0) is 14.1. The number of H-pyrrole nitrogens is 1. The monoisotopic (exact) mass is 284 g/mol. The second kappa shape index (κ2) is 5.79. The summed E-state index contributed by atoms with van der Waals surface area (Å²) in [6, 6.07) is 9.56. The largest absolute Gasteiger partial charge is 0.361 e. The standard InChI is InChI=1S/C17H24N4/c1-2-14(16-5-7-19-17(16)3-1)13-20-8-10-21(11-9-20)15-4-6-18-12-15/h1-3,5,7,15,18-19H,4,6,8-13H2. The molecule has 2 saturated heterocycles. The van der Waals surface area contributed by atoms with Gasteiger partial charge in [-0.15, -0.1) is 0 Å². The first-order valence-electron chi connectivity index (χ1n) is 8.12. The molecule has 1 aromatic heterocycles. The van der Waals surface area contributed by atoms with Gasteiger partial charge >= 0.3 is 0 Å². The summed E-state index contributed by atoms with van der Waals surface area (Å²) in [4.78, 5) is 8.58. The Bertz CT molecular complexity index is 592. The lowest BCUT2D eigenvalue weighted by Gasteiger charge is -2.37. The molecular formula is C17H24N4. The second-order valence-electron chi connectivity index (χ2n) is 6.31. The number of aromatic nitrogens is 1.